The van der Waals surface area contributed by atoms with E-state index in [1.54, 1.807) is 0 Å². The molecule has 1 atom stereocenters. The fourth-order valence-corrected chi connectivity index (χ4v) is 2.48. The van der Waals surface area contributed by atoms with Gasteiger partial charge in [0.15, 0.2) is 11.6 Å². The van der Waals surface area contributed by atoms with Crippen LogP contribution in [0, 0.1) is 23.3 Å². The van der Waals surface area contributed by atoms with Crippen LogP contribution in [0.25, 0.3) is 0 Å². The molecule has 2 aromatic rings. The Morgan fingerprint density at radius 3 is 2.38 bits per heavy atom. The quantitative estimate of drug-likeness (QED) is 0.624. The first kappa shape index (κ1) is 16.0. The normalized spacial score (nSPS) is 12.5. The lowest BCUT2D eigenvalue weighted by Crippen LogP contribution is -2.22. The van der Waals surface area contributed by atoms with E-state index in [2.05, 4.69) is 21.2 Å². The van der Waals surface area contributed by atoms with Crippen LogP contribution in [-0.4, -0.2) is 7.05 Å². The highest BCUT2D eigenvalue weighted by molar-refractivity contribution is 9.10. The summed E-state index contributed by atoms with van der Waals surface area (Å²) < 4.78 is 55.0. The first-order valence-corrected chi connectivity index (χ1v) is 6.98. The fourth-order valence-electron chi connectivity index (χ4n) is 2.14. The Hall–Kier alpha value is -1.40. The van der Waals surface area contributed by atoms with Gasteiger partial charge in [0.25, 0.3) is 0 Å². The molecule has 2 rings (SSSR count). The highest BCUT2D eigenvalue weighted by Crippen LogP contribution is 2.29. The largest absolute Gasteiger partial charge is 0.313 e. The van der Waals surface area contributed by atoms with Gasteiger partial charge in [-0.2, -0.15) is 0 Å². The maximum Gasteiger partial charge on any atom is 0.162 e. The van der Waals surface area contributed by atoms with Gasteiger partial charge in [0.2, 0.25) is 0 Å². The van der Waals surface area contributed by atoms with Crippen molar-refractivity contribution in [3.63, 3.8) is 0 Å². The number of hydrogen-bond acceptors (Lipinski definition) is 1. The first-order chi connectivity index (χ1) is 9.95. The maximum absolute atomic E-state index is 14.1. The molecule has 0 aromatic heterocycles. The molecule has 0 fully saturated rings. The number of halogens is 5. The lowest BCUT2D eigenvalue weighted by atomic mass is 9.97. The van der Waals surface area contributed by atoms with Crippen molar-refractivity contribution < 1.29 is 17.6 Å². The first-order valence-electron chi connectivity index (χ1n) is 6.19. The second-order valence-corrected chi connectivity index (χ2v) is 5.37. The highest BCUT2D eigenvalue weighted by atomic mass is 79.9. The van der Waals surface area contributed by atoms with Crippen LogP contribution in [0.5, 0.6) is 0 Å². The average Bonchev–Trinajstić information content (AvgIpc) is 2.46. The smallest absolute Gasteiger partial charge is 0.162 e. The molecule has 0 spiro atoms. The molecular formula is C15H12BrF4N. The molecule has 21 heavy (non-hydrogen) atoms. The van der Waals surface area contributed by atoms with Crippen LogP contribution in [-0.2, 0) is 6.42 Å². The van der Waals surface area contributed by atoms with Gasteiger partial charge in [-0.1, -0.05) is 12.1 Å². The summed E-state index contributed by atoms with van der Waals surface area (Å²) >= 11 is 2.99. The predicted octanol–water partition coefficient (Wildman–Crippen LogP) is 4.51. The van der Waals surface area contributed by atoms with Gasteiger partial charge in [0.05, 0.1) is 4.47 Å². The Bertz CT molecular complexity index is 660. The molecular weight excluding hydrogens is 350 g/mol. The Labute approximate surface area is 128 Å². The number of rotatable bonds is 4. The van der Waals surface area contributed by atoms with Crippen LogP contribution in [0.2, 0.25) is 0 Å². The molecule has 0 saturated heterocycles. The Morgan fingerprint density at radius 1 is 1.00 bits per heavy atom. The second kappa shape index (κ2) is 6.58. The van der Waals surface area contributed by atoms with E-state index >= 15 is 0 Å². The van der Waals surface area contributed by atoms with E-state index in [0.717, 1.165) is 12.1 Å². The van der Waals surface area contributed by atoms with Crippen molar-refractivity contribution >= 4 is 15.9 Å². The lowest BCUT2D eigenvalue weighted by molar-refractivity contribution is 0.465. The molecule has 2 aromatic carbocycles. The van der Waals surface area contributed by atoms with E-state index in [0.29, 0.717) is 0 Å². The van der Waals surface area contributed by atoms with Crippen molar-refractivity contribution in [3.8, 4) is 0 Å². The highest BCUT2D eigenvalue weighted by Gasteiger charge is 2.22. The van der Waals surface area contributed by atoms with Crippen LogP contribution < -0.4 is 5.32 Å². The van der Waals surface area contributed by atoms with E-state index in [4.69, 9.17) is 0 Å². The number of nitrogens with one attached hydrogen (secondary N) is 1. The Morgan fingerprint density at radius 2 is 1.71 bits per heavy atom. The third-order valence-corrected chi connectivity index (χ3v) is 3.84. The predicted molar refractivity (Wildman–Crippen MR) is 75.9 cm³/mol. The Kier molecular flexibility index (Phi) is 5.00. The van der Waals surface area contributed by atoms with Gasteiger partial charge in [0.1, 0.15) is 11.6 Å². The molecule has 112 valence electrons. The van der Waals surface area contributed by atoms with Crippen molar-refractivity contribution in [1.82, 2.24) is 5.32 Å². The number of benzene rings is 2. The minimum absolute atomic E-state index is 0.0492. The van der Waals surface area contributed by atoms with E-state index in [1.165, 1.54) is 25.2 Å². The minimum atomic E-state index is -1.01. The van der Waals surface area contributed by atoms with Crippen LogP contribution >= 0.6 is 15.9 Å². The zero-order chi connectivity index (χ0) is 15.6. The van der Waals surface area contributed by atoms with E-state index < -0.39 is 29.3 Å². The molecule has 1 unspecified atom stereocenters. The van der Waals surface area contributed by atoms with Crippen LogP contribution in [0.4, 0.5) is 17.6 Å². The third kappa shape index (κ3) is 3.27. The van der Waals surface area contributed by atoms with Crippen LogP contribution in [0.3, 0.4) is 0 Å². The molecule has 0 heterocycles. The second-order valence-electron chi connectivity index (χ2n) is 4.52. The van der Waals surface area contributed by atoms with Gasteiger partial charge in [-0.05, 0) is 53.2 Å². The van der Waals surface area contributed by atoms with Gasteiger partial charge in [0, 0.05) is 11.6 Å². The molecule has 0 aliphatic rings. The van der Waals surface area contributed by atoms with Crippen molar-refractivity contribution in [3.05, 3.63) is 69.2 Å². The topological polar surface area (TPSA) is 12.0 Å². The summed E-state index contributed by atoms with van der Waals surface area (Å²) in [6.45, 7) is 0. The number of likely N-dealkylation sites (N-methyl/N-ethyl adjacent to an activating group) is 1. The molecule has 1 nitrogen and oxygen atoms in total. The fraction of sp³-hybridized carbons (Fsp3) is 0.200. The van der Waals surface area contributed by atoms with Crippen molar-refractivity contribution in [1.29, 1.82) is 0 Å². The Balaban J connectivity index is 2.42. The summed E-state index contributed by atoms with van der Waals surface area (Å²) in [6.07, 6.45) is -0.0790. The van der Waals surface area contributed by atoms with E-state index in [1.807, 2.05) is 0 Å². The van der Waals surface area contributed by atoms with Crippen LogP contribution in [0.15, 0.2) is 34.8 Å². The summed E-state index contributed by atoms with van der Waals surface area (Å²) in [5.74, 6) is -3.50. The molecule has 0 aliphatic carbocycles. The molecule has 0 aliphatic heterocycles. The molecule has 0 radical (unpaired) electrons. The van der Waals surface area contributed by atoms with Crippen molar-refractivity contribution in [2.24, 2.45) is 0 Å². The molecule has 1 N–H and O–H groups in total. The molecule has 0 bridgehead atoms. The van der Waals surface area contributed by atoms with E-state index in [9.17, 15) is 17.6 Å². The lowest BCUT2D eigenvalue weighted by Gasteiger charge is -2.19. The minimum Gasteiger partial charge on any atom is -0.313 e. The van der Waals surface area contributed by atoms with Crippen LogP contribution in [0.1, 0.15) is 17.2 Å². The number of hydrogen-bond donors (Lipinski definition) is 1. The monoisotopic (exact) mass is 361 g/mol. The standard InChI is InChI=1S/C15H12BrF4N/c1-21-12(7-8-3-2-4-11(18)14(8)19)13-10(17)6-5-9(16)15(13)20/h2-6,12,21H,7H2,1H3. The van der Waals surface area contributed by atoms with E-state index in [-0.39, 0.29) is 22.0 Å². The third-order valence-electron chi connectivity index (χ3n) is 3.23. The summed E-state index contributed by atoms with van der Waals surface area (Å²) in [6, 6.07) is 5.29. The van der Waals surface area contributed by atoms with Gasteiger partial charge >= 0.3 is 0 Å². The molecule has 0 saturated carbocycles. The summed E-state index contributed by atoms with van der Waals surface area (Å²) in [5, 5.41) is 2.73. The average molecular weight is 362 g/mol. The van der Waals surface area contributed by atoms with Gasteiger partial charge in [-0.3, -0.25) is 0 Å². The van der Waals surface area contributed by atoms with Gasteiger partial charge in [-0.15, -0.1) is 0 Å². The van der Waals surface area contributed by atoms with Gasteiger partial charge < -0.3 is 5.32 Å². The SMILES string of the molecule is CNC(Cc1cccc(F)c1F)c1c(F)ccc(Br)c1F. The zero-order valence-electron chi connectivity index (χ0n) is 11.1. The van der Waals surface area contributed by atoms with Crippen molar-refractivity contribution in [2.45, 2.75) is 12.5 Å². The van der Waals surface area contributed by atoms with Crippen molar-refractivity contribution in [2.75, 3.05) is 7.05 Å². The summed E-state index contributed by atoms with van der Waals surface area (Å²) in [5.41, 5.74) is -0.163. The van der Waals surface area contributed by atoms with Gasteiger partial charge in [-0.25, -0.2) is 17.6 Å². The summed E-state index contributed by atoms with van der Waals surface area (Å²) in [4.78, 5) is 0. The maximum atomic E-state index is 14.1. The molecule has 0 amide bonds. The summed E-state index contributed by atoms with van der Waals surface area (Å²) in [7, 11) is 1.50. The zero-order valence-corrected chi connectivity index (χ0v) is 12.6. The molecule has 6 heteroatoms.